The molecule has 1 atom stereocenters. The summed E-state index contributed by atoms with van der Waals surface area (Å²) >= 11 is 0. The number of halogens is 1. The van der Waals surface area contributed by atoms with E-state index in [1.165, 1.54) is 35.9 Å². The lowest BCUT2D eigenvalue weighted by Crippen LogP contribution is -2.33. The number of nitrogens with zero attached hydrogens (tertiary/aromatic N) is 2. The summed E-state index contributed by atoms with van der Waals surface area (Å²) in [5.41, 5.74) is 3.85. The molecule has 5 nitrogen and oxygen atoms in total. The van der Waals surface area contributed by atoms with Gasteiger partial charge in [-0.25, -0.2) is 9.07 Å². The Morgan fingerprint density at radius 2 is 1.74 bits per heavy atom. The number of aryl methyl sites for hydroxylation is 2. The lowest BCUT2D eigenvalue weighted by Gasteiger charge is -2.15. The van der Waals surface area contributed by atoms with Crippen LogP contribution in [-0.2, 0) is 4.79 Å². The molecular weight excluding hydrogens is 345 g/mol. The molecule has 0 saturated heterocycles. The minimum atomic E-state index is -0.825. The van der Waals surface area contributed by atoms with Crippen LogP contribution in [0.15, 0.2) is 59.4 Å². The summed E-state index contributed by atoms with van der Waals surface area (Å²) in [5, 5.41) is 7.04. The molecule has 1 heterocycles. The van der Waals surface area contributed by atoms with Gasteiger partial charge < -0.3 is 5.32 Å². The van der Waals surface area contributed by atoms with Crippen LogP contribution in [0.4, 0.5) is 10.1 Å². The fourth-order valence-electron chi connectivity index (χ4n) is 2.65. The molecule has 6 heteroatoms. The van der Waals surface area contributed by atoms with Gasteiger partial charge in [-0.3, -0.25) is 9.59 Å². The summed E-state index contributed by atoms with van der Waals surface area (Å²) in [6.45, 7) is 5.63. The Labute approximate surface area is 156 Å². The number of amides is 1. The van der Waals surface area contributed by atoms with Gasteiger partial charge in [-0.05, 0) is 68.3 Å². The molecule has 3 aromatic rings. The van der Waals surface area contributed by atoms with E-state index in [9.17, 15) is 14.0 Å². The van der Waals surface area contributed by atoms with Crippen molar-refractivity contribution in [2.45, 2.75) is 26.8 Å². The summed E-state index contributed by atoms with van der Waals surface area (Å²) < 4.78 is 14.1. The Morgan fingerprint density at radius 1 is 1.04 bits per heavy atom. The zero-order valence-corrected chi connectivity index (χ0v) is 15.4. The van der Waals surface area contributed by atoms with E-state index in [1.54, 1.807) is 13.0 Å². The third kappa shape index (κ3) is 4.11. The Balaban J connectivity index is 1.88. The van der Waals surface area contributed by atoms with E-state index in [1.807, 2.05) is 32.0 Å². The molecule has 0 aliphatic rings. The molecule has 0 aliphatic carbocycles. The summed E-state index contributed by atoms with van der Waals surface area (Å²) in [6, 6.07) is 13.6. The molecule has 3 rings (SSSR count). The van der Waals surface area contributed by atoms with Crippen molar-refractivity contribution in [3.63, 3.8) is 0 Å². The van der Waals surface area contributed by atoms with Crippen LogP contribution >= 0.6 is 0 Å². The monoisotopic (exact) mass is 365 g/mol. The lowest BCUT2D eigenvalue weighted by molar-refractivity contribution is -0.119. The number of aromatic nitrogens is 2. The SMILES string of the molecule is Cc1ccc(-c2ccc(=O)n([C@@H](C)C(=O)Nc3ccc(F)cc3)n2)cc1C. The first-order valence-corrected chi connectivity index (χ1v) is 8.59. The van der Waals surface area contributed by atoms with Gasteiger partial charge in [-0.2, -0.15) is 5.10 Å². The molecule has 0 bridgehead atoms. The first-order valence-electron chi connectivity index (χ1n) is 8.59. The van der Waals surface area contributed by atoms with E-state index in [-0.39, 0.29) is 11.4 Å². The second-order valence-electron chi connectivity index (χ2n) is 6.47. The Morgan fingerprint density at radius 3 is 2.41 bits per heavy atom. The van der Waals surface area contributed by atoms with Crippen molar-refractivity contribution in [1.29, 1.82) is 0 Å². The molecule has 0 radical (unpaired) electrons. The summed E-state index contributed by atoms with van der Waals surface area (Å²) in [5.74, 6) is -0.798. The maximum atomic E-state index is 13.0. The molecule has 0 saturated carbocycles. The van der Waals surface area contributed by atoms with E-state index in [4.69, 9.17) is 0 Å². The van der Waals surface area contributed by atoms with E-state index in [0.29, 0.717) is 11.4 Å². The smallest absolute Gasteiger partial charge is 0.267 e. The molecule has 2 aromatic carbocycles. The molecule has 0 unspecified atom stereocenters. The number of carbonyl (C=O) groups excluding carboxylic acids is 1. The largest absolute Gasteiger partial charge is 0.324 e. The highest BCUT2D eigenvalue weighted by atomic mass is 19.1. The summed E-state index contributed by atoms with van der Waals surface area (Å²) in [4.78, 5) is 24.7. The van der Waals surface area contributed by atoms with E-state index in [0.717, 1.165) is 15.8 Å². The molecule has 0 aliphatic heterocycles. The van der Waals surface area contributed by atoms with Crippen LogP contribution in [-0.4, -0.2) is 15.7 Å². The zero-order chi connectivity index (χ0) is 19.6. The van der Waals surface area contributed by atoms with Crippen molar-refractivity contribution in [3.8, 4) is 11.3 Å². The van der Waals surface area contributed by atoms with Gasteiger partial charge in [0.05, 0.1) is 5.69 Å². The van der Waals surface area contributed by atoms with Crippen LogP contribution < -0.4 is 10.9 Å². The van der Waals surface area contributed by atoms with Crippen LogP contribution in [0.5, 0.6) is 0 Å². The number of hydrogen-bond acceptors (Lipinski definition) is 3. The molecule has 1 amide bonds. The maximum Gasteiger partial charge on any atom is 0.267 e. The van der Waals surface area contributed by atoms with Crippen LogP contribution in [0.25, 0.3) is 11.3 Å². The van der Waals surface area contributed by atoms with Crippen molar-refractivity contribution in [2.75, 3.05) is 5.32 Å². The Kier molecular flexibility index (Phi) is 5.16. The number of benzene rings is 2. The van der Waals surface area contributed by atoms with Gasteiger partial charge in [0, 0.05) is 17.3 Å². The van der Waals surface area contributed by atoms with E-state index >= 15 is 0 Å². The van der Waals surface area contributed by atoms with Crippen molar-refractivity contribution in [3.05, 3.63) is 81.9 Å². The third-order valence-corrected chi connectivity index (χ3v) is 4.49. The minimum Gasteiger partial charge on any atom is -0.324 e. The van der Waals surface area contributed by atoms with Gasteiger partial charge in [0.15, 0.2) is 0 Å². The first-order chi connectivity index (χ1) is 12.8. The van der Waals surface area contributed by atoms with E-state index < -0.39 is 11.9 Å². The molecular formula is C21H20FN3O2. The molecule has 27 heavy (non-hydrogen) atoms. The predicted molar refractivity (Wildman–Crippen MR) is 103 cm³/mol. The number of rotatable bonds is 4. The molecule has 0 spiro atoms. The molecule has 0 fully saturated rings. The van der Waals surface area contributed by atoms with Crippen molar-refractivity contribution in [2.24, 2.45) is 0 Å². The number of hydrogen-bond donors (Lipinski definition) is 1. The second-order valence-corrected chi connectivity index (χ2v) is 6.47. The molecule has 1 aromatic heterocycles. The van der Waals surface area contributed by atoms with Gasteiger partial charge in [0.25, 0.3) is 5.56 Å². The first kappa shape index (κ1) is 18.5. The van der Waals surface area contributed by atoms with Gasteiger partial charge in [-0.1, -0.05) is 12.1 Å². The number of carbonyl (C=O) groups is 1. The van der Waals surface area contributed by atoms with Crippen LogP contribution in [0.3, 0.4) is 0 Å². The quantitative estimate of drug-likeness (QED) is 0.763. The standard InChI is InChI=1S/C21H20FN3O2/c1-13-4-5-16(12-14(13)2)19-10-11-20(26)25(24-19)15(3)21(27)23-18-8-6-17(22)7-9-18/h4-12,15H,1-3H3,(H,23,27)/t15-/m0/s1. The van der Waals surface area contributed by atoms with Gasteiger partial charge >= 0.3 is 0 Å². The number of nitrogens with one attached hydrogen (secondary N) is 1. The predicted octanol–water partition coefficient (Wildman–Crippen LogP) is 3.87. The fourth-order valence-corrected chi connectivity index (χ4v) is 2.65. The lowest BCUT2D eigenvalue weighted by atomic mass is 10.0. The van der Waals surface area contributed by atoms with Crippen LogP contribution in [0.1, 0.15) is 24.1 Å². The maximum absolute atomic E-state index is 13.0. The minimum absolute atomic E-state index is 0.371. The highest BCUT2D eigenvalue weighted by Crippen LogP contribution is 2.20. The summed E-state index contributed by atoms with van der Waals surface area (Å²) in [7, 11) is 0. The Hall–Kier alpha value is -3.28. The third-order valence-electron chi connectivity index (χ3n) is 4.49. The normalized spacial score (nSPS) is 11.9. The highest BCUT2D eigenvalue weighted by molar-refractivity contribution is 5.93. The van der Waals surface area contributed by atoms with Gasteiger partial charge in [0.2, 0.25) is 5.91 Å². The van der Waals surface area contributed by atoms with Crippen LogP contribution in [0.2, 0.25) is 0 Å². The number of anilines is 1. The topological polar surface area (TPSA) is 64.0 Å². The van der Waals surface area contributed by atoms with Gasteiger partial charge in [-0.15, -0.1) is 0 Å². The zero-order valence-electron chi connectivity index (χ0n) is 15.4. The van der Waals surface area contributed by atoms with Crippen molar-refractivity contribution < 1.29 is 9.18 Å². The van der Waals surface area contributed by atoms with Gasteiger partial charge in [0.1, 0.15) is 11.9 Å². The fraction of sp³-hybridized carbons (Fsp3) is 0.190. The average molecular weight is 365 g/mol. The Bertz CT molecular complexity index is 1040. The highest BCUT2D eigenvalue weighted by Gasteiger charge is 2.18. The van der Waals surface area contributed by atoms with E-state index in [2.05, 4.69) is 10.4 Å². The second kappa shape index (κ2) is 7.53. The van der Waals surface area contributed by atoms with Crippen LogP contribution in [0, 0.1) is 19.7 Å². The van der Waals surface area contributed by atoms with Crippen molar-refractivity contribution in [1.82, 2.24) is 9.78 Å². The summed E-state index contributed by atoms with van der Waals surface area (Å²) in [6.07, 6.45) is 0. The average Bonchev–Trinajstić information content (AvgIpc) is 2.65. The molecule has 1 N–H and O–H groups in total. The van der Waals surface area contributed by atoms with Crippen molar-refractivity contribution >= 4 is 11.6 Å². The molecule has 138 valence electrons.